The highest BCUT2D eigenvalue weighted by molar-refractivity contribution is 7.90. The molecule has 0 fully saturated rings. The van der Waals surface area contributed by atoms with Crippen molar-refractivity contribution in [2.24, 2.45) is 0 Å². The van der Waals surface area contributed by atoms with E-state index < -0.39 is 9.84 Å². The van der Waals surface area contributed by atoms with Crippen molar-refractivity contribution in [3.05, 3.63) is 48.0 Å². The first kappa shape index (κ1) is 15.3. The minimum Gasteiger partial charge on any atom is -0.461 e. The fraction of sp³-hybridized carbons (Fsp3) is 0.200. The highest BCUT2D eigenvalue weighted by Gasteiger charge is 2.12. The summed E-state index contributed by atoms with van der Waals surface area (Å²) in [6.07, 6.45) is 2.71. The van der Waals surface area contributed by atoms with Crippen molar-refractivity contribution >= 4 is 15.5 Å². The van der Waals surface area contributed by atoms with Gasteiger partial charge in [0.2, 0.25) is 11.7 Å². The number of nitrogens with one attached hydrogen (secondary N) is 1. The molecule has 0 saturated carbocycles. The van der Waals surface area contributed by atoms with Crippen LogP contribution < -0.4 is 5.32 Å². The Labute approximate surface area is 133 Å². The number of rotatable bonds is 5. The Morgan fingerprint density at radius 3 is 2.78 bits per heavy atom. The van der Waals surface area contributed by atoms with E-state index in [2.05, 4.69) is 15.5 Å². The van der Waals surface area contributed by atoms with Gasteiger partial charge in [-0.1, -0.05) is 11.2 Å². The fourth-order valence-corrected chi connectivity index (χ4v) is 2.67. The Hall–Kier alpha value is -2.61. The molecule has 0 amide bonds. The quantitative estimate of drug-likeness (QED) is 0.766. The lowest BCUT2D eigenvalue weighted by atomic mass is 10.2. The van der Waals surface area contributed by atoms with E-state index in [4.69, 9.17) is 8.94 Å². The molecule has 3 aromatic rings. The molecule has 0 radical (unpaired) electrons. The van der Waals surface area contributed by atoms with Crippen molar-refractivity contribution < 1.29 is 17.4 Å². The number of aromatic nitrogens is 2. The van der Waals surface area contributed by atoms with Crippen LogP contribution in [-0.4, -0.2) is 24.8 Å². The second-order valence-electron chi connectivity index (χ2n) is 5.09. The Kier molecular flexibility index (Phi) is 3.91. The standard InChI is InChI=1S/C15H15N3O4S/c1-10-5-6-11(23(2,19)20)8-12(10)16-9-14-17-15(18-22-14)13-4-3-7-21-13/h3-8,16H,9H2,1-2H3. The van der Waals surface area contributed by atoms with E-state index in [1.807, 2.05) is 6.92 Å². The number of benzene rings is 1. The topological polar surface area (TPSA) is 98.2 Å². The van der Waals surface area contributed by atoms with Gasteiger partial charge in [-0.2, -0.15) is 4.98 Å². The van der Waals surface area contributed by atoms with E-state index in [0.29, 0.717) is 23.2 Å². The van der Waals surface area contributed by atoms with Crippen molar-refractivity contribution in [1.82, 2.24) is 10.1 Å². The van der Waals surface area contributed by atoms with Gasteiger partial charge in [-0.05, 0) is 36.8 Å². The Morgan fingerprint density at radius 2 is 2.09 bits per heavy atom. The van der Waals surface area contributed by atoms with Gasteiger partial charge in [0.1, 0.15) is 0 Å². The zero-order valence-electron chi connectivity index (χ0n) is 12.6. The SMILES string of the molecule is Cc1ccc(S(C)(=O)=O)cc1NCc1nc(-c2ccco2)no1. The number of anilines is 1. The maximum atomic E-state index is 11.6. The van der Waals surface area contributed by atoms with Crippen LogP contribution in [0.5, 0.6) is 0 Å². The Balaban J connectivity index is 1.76. The summed E-state index contributed by atoms with van der Waals surface area (Å²) >= 11 is 0. The van der Waals surface area contributed by atoms with Gasteiger partial charge in [-0.15, -0.1) is 0 Å². The Bertz CT molecular complexity index is 914. The average Bonchev–Trinajstić information content (AvgIpc) is 3.16. The molecule has 3 rings (SSSR count). The third kappa shape index (κ3) is 3.42. The van der Waals surface area contributed by atoms with Crippen LogP contribution in [0.15, 0.2) is 50.4 Å². The molecule has 8 heteroatoms. The summed E-state index contributed by atoms with van der Waals surface area (Å²) < 4.78 is 33.6. The summed E-state index contributed by atoms with van der Waals surface area (Å²) in [7, 11) is -3.25. The minimum atomic E-state index is -3.25. The maximum Gasteiger partial charge on any atom is 0.246 e. The molecular weight excluding hydrogens is 318 g/mol. The fourth-order valence-electron chi connectivity index (χ4n) is 2.03. The van der Waals surface area contributed by atoms with Gasteiger partial charge in [-0.25, -0.2) is 8.42 Å². The average molecular weight is 333 g/mol. The Morgan fingerprint density at radius 1 is 1.26 bits per heavy atom. The third-order valence-electron chi connectivity index (χ3n) is 3.28. The van der Waals surface area contributed by atoms with E-state index in [9.17, 15) is 8.42 Å². The summed E-state index contributed by atoms with van der Waals surface area (Å²) in [5.41, 5.74) is 1.62. The number of hydrogen-bond acceptors (Lipinski definition) is 7. The van der Waals surface area contributed by atoms with Crippen LogP contribution in [-0.2, 0) is 16.4 Å². The molecule has 1 aromatic carbocycles. The van der Waals surface area contributed by atoms with Crippen molar-refractivity contribution in [2.45, 2.75) is 18.4 Å². The molecule has 0 aliphatic rings. The van der Waals surface area contributed by atoms with Crippen LogP contribution in [0.4, 0.5) is 5.69 Å². The summed E-state index contributed by atoms with van der Waals surface area (Å²) in [5.74, 6) is 1.27. The molecule has 0 aliphatic carbocycles. The van der Waals surface area contributed by atoms with Crippen LogP contribution >= 0.6 is 0 Å². The highest BCUT2D eigenvalue weighted by atomic mass is 32.2. The number of nitrogens with zero attached hydrogens (tertiary/aromatic N) is 2. The molecule has 1 N–H and O–H groups in total. The largest absolute Gasteiger partial charge is 0.461 e. The van der Waals surface area contributed by atoms with Crippen LogP contribution in [0.1, 0.15) is 11.5 Å². The summed E-state index contributed by atoms with van der Waals surface area (Å²) in [6.45, 7) is 2.16. The van der Waals surface area contributed by atoms with Crippen molar-refractivity contribution in [3.8, 4) is 11.6 Å². The molecule has 0 aliphatic heterocycles. The van der Waals surface area contributed by atoms with Gasteiger partial charge in [0.15, 0.2) is 15.6 Å². The predicted molar refractivity (Wildman–Crippen MR) is 83.6 cm³/mol. The van der Waals surface area contributed by atoms with Crippen molar-refractivity contribution in [1.29, 1.82) is 0 Å². The van der Waals surface area contributed by atoms with Gasteiger partial charge >= 0.3 is 0 Å². The zero-order chi connectivity index (χ0) is 16.4. The van der Waals surface area contributed by atoms with Crippen LogP contribution in [0.2, 0.25) is 0 Å². The lowest BCUT2D eigenvalue weighted by Gasteiger charge is -2.09. The molecule has 7 nitrogen and oxygen atoms in total. The van der Waals surface area contributed by atoms with Gasteiger partial charge in [-0.3, -0.25) is 0 Å². The van der Waals surface area contributed by atoms with Gasteiger partial charge in [0.05, 0.1) is 17.7 Å². The molecule has 0 atom stereocenters. The second-order valence-corrected chi connectivity index (χ2v) is 7.11. The van der Waals surface area contributed by atoms with E-state index in [1.165, 1.54) is 12.5 Å². The van der Waals surface area contributed by atoms with Gasteiger partial charge in [0, 0.05) is 11.9 Å². The molecular formula is C15H15N3O4S. The van der Waals surface area contributed by atoms with E-state index >= 15 is 0 Å². The third-order valence-corrected chi connectivity index (χ3v) is 4.39. The lowest BCUT2D eigenvalue weighted by molar-refractivity contribution is 0.382. The van der Waals surface area contributed by atoms with Crippen LogP contribution in [0.3, 0.4) is 0 Å². The summed E-state index contributed by atoms with van der Waals surface area (Å²) in [4.78, 5) is 4.47. The van der Waals surface area contributed by atoms with E-state index in [1.54, 1.807) is 30.3 Å². The molecule has 120 valence electrons. The molecule has 0 saturated heterocycles. The van der Waals surface area contributed by atoms with E-state index in [-0.39, 0.29) is 11.4 Å². The lowest BCUT2D eigenvalue weighted by Crippen LogP contribution is -2.04. The first-order valence-corrected chi connectivity index (χ1v) is 8.73. The molecule has 0 spiro atoms. The first-order valence-electron chi connectivity index (χ1n) is 6.84. The highest BCUT2D eigenvalue weighted by Crippen LogP contribution is 2.21. The molecule has 0 unspecified atom stereocenters. The van der Waals surface area contributed by atoms with Gasteiger partial charge in [0.25, 0.3) is 0 Å². The number of sulfone groups is 1. The first-order chi connectivity index (χ1) is 10.9. The molecule has 0 bridgehead atoms. The van der Waals surface area contributed by atoms with Crippen LogP contribution in [0, 0.1) is 6.92 Å². The smallest absolute Gasteiger partial charge is 0.246 e. The normalized spacial score (nSPS) is 11.6. The van der Waals surface area contributed by atoms with Crippen molar-refractivity contribution in [2.75, 3.05) is 11.6 Å². The monoisotopic (exact) mass is 333 g/mol. The zero-order valence-corrected chi connectivity index (χ0v) is 13.4. The maximum absolute atomic E-state index is 11.6. The molecule has 2 aromatic heterocycles. The summed E-state index contributed by atoms with van der Waals surface area (Å²) in [6, 6.07) is 8.40. The summed E-state index contributed by atoms with van der Waals surface area (Å²) in [5, 5.41) is 6.94. The van der Waals surface area contributed by atoms with Crippen molar-refractivity contribution in [3.63, 3.8) is 0 Å². The van der Waals surface area contributed by atoms with E-state index in [0.717, 1.165) is 5.56 Å². The number of aryl methyl sites for hydroxylation is 1. The van der Waals surface area contributed by atoms with Gasteiger partial charge < -0.3 is 14.3 Å². The second kappa shape index (κ2) is 5.88. The molecule has 23 heavy (non-hydrogen) atoms. The number of furan rings is 1. The number of hydrogen-bond donors (Lipinski definition) is 1. The predicted octanol–water partition coefficient (Wildman–Crippen LogP) is 2.65. The molecule has 2 heterocycles. The van der Waals surface area contributed by atoms with Crippen LogP contribution in [0.25, 0.3) is 11.6 Å². The minimum absolute atomic E-state index is 0.257.